The van der Waals surface area contributed by atoms with Gasteiger partial charge in [-0.1, -0.05) is 0 Å². The van der Waals surface area contributed by atoms with E-state index in [0.29, 0.717) is 0 Å². The van der Waals surface area contributed by atoms with E-state index in [-0.39, 0.29) is 25.7 Å². The second-order valence-electron chi connectivity index (χ2n) is 1.78. The molecular formula is C5H4AlClN2O2. The van der Waals surface area contributed by atoms with E-state index >= 15 is 0 Å². The van der Waals surface area contributed by atoms with Crippen molar-refractivity contribution in [3.8, 4) is 0 Å². The zero-order valence-electron chi connectivity index (χ0n) is 5.49. The molecule has 0 atom stereocenters. The average molecular weight is 187 g/mol. The van der Waals surface area contributed by atoms with Crippen molar-refractivity contribution >= 4 is 38.0 Å². The Morgan fingerprint density at radius 2 is 2.55 bits per heavy atom. The Balaban J connectivity index is 3.20. The zero-order valence-corrected chi connectivity index (χ0v) is 7.40. The maximum atomic E-state index is 10.4. The minimum atomic E-state index is -1.06. The molecule has 1 heterocycles. The van der Waals surface area contributed by atoms with Crippen LogP contribution in [0.1, 0.15) is 10.4 Å². The number of nitrogens with zero attached hydrogens (tertiary/aromatic N) is 2. The van der Waals surface area contributed by atoms with Gasteiger partial charge in [0.05, 0.1) is 0 Å². The van der Waals surface area contributed by atoms with Gasteiger partial charge < -0.3 is 0 Å². The number of halogens is 1. The number of hydrogen-bond donors (Lipinski definition) is 1. The number of aromatic nitrogens is 2. The van der Waals surface area contributed by atoms with E-state index in [1.165, 1.54) is 9.86 Å². The number of hydrogen-bond acceptors (Lipinski definition) is 2. The molecule has 1 rings (SSSR count). The van der Waals surface area contributed by atoms with Crippen molar-refractivity contribution in [1.29, 1.82) is 0 Å². The third-order valence-electron chi connectivity index (χ3n) is 1.14. The van der Waals surface area contributed by atoms with E-state index < -0.39 is 5.97 Å². The molecule has 56 valence electrons. The molecule has 0 aliphatic rings. The van der Waals surface area contributed by atoms with Crippen molar-refractivity contribution < 1.29 is 9.90 Å². The number of carboxylic acid groups (broad SMARTS) is 1. The molecule has 4 nitrogen and oxygen atoms in total. The van der Waals surface area contributed by atoms with E-state index in [1.54, 1.807) is 0 Å². The first-order chi connectivity index (χ1) is 5.16. The average Bonchev–Trinajstić information content (AvgIpc) is 2.30. The second kappa shape index (κ2) is 3.18. The van der Waals surface area contributed by atoms with Crippen LogP contribution in [0, 0.1) is 0 Å². The molecule has 0 radical (unpaired) electrons. The van der Waals surface area contributed by atoms with E-state index in [0.717, 1.165) is 0 Å². The Bertz CT molecular complexity index is 309. The van der Waals surface area contributed by atoms with E-state index in [1.807, 2.05) is 0 Å². The summed E-state index contributed by atoms with van der Waals surface area (Å²) >= 11 is 5.28. The van der Waals surface area contributed by atoms with Gasteiger partial charge in [0.15, 0.2) is 0 Å². The fraction of sp³-hybridized carbons (Fsp3) is 0. The fourth-order valence-electron chi connectivity index (χ4n) is 0.618. The zero-order chi connectivity index (χ0) is 8.43. The standard InChI is InChI=1S/C4H3ClN2O2.CH2.Al/c5-3-2(4(8)9)1-6-7-3;;/h1H,(H2,6,7,8,9);1H2;/q;;+1/p-1. The number of aromatic carboxylic acids is 1. The van der Waals surface area contributed by atoms with Gasteiger partial charge in [-0.3, -0.25) is 0 Å². The summed E-state index contributed by atoms with van der Waals surface area (Å²) in [6.45, 7) is 0. The third-order valence-corrected chi connectivity index (χ3v) is 2.42. The van der Waals surface area contributed by atoms with E-state index in [4.69, 9.17) is 16.7 Å². The van der Waals surface area contributed by atoms with Crippen LogP contribution in [-0.4, -0.2) is 40.2 Å². The number of carboxylic acids is 1. The monoisotopic (exact) mass is 186 g/mol. The molecule has 6 heteroatoms. The Morgan fingerprint density at radius 1 is 1.91 bits per heavy atom. The summed E-state index contributed by atoms with van der Waals surface area (Å²) in [5.74, 6) is -1.06. The second-order valence-corrected chi connectivity index (χ2v) is 2.99. The predicted octanol–water partition coefficient (Wildman–Crippen LogP) is 0.134. The molecule has 1 aromatic heterocycles. The summed E-state index contributed by atoms with van der Waals surface area (Å²) < 4.78 is 1.39. The SMILES string of the molecule is [CH2]=[Al][n]1ncc(C(=O)O)c1Cl. The van der Waals surface area contributed by atoms with Crippen LogP contribution in [0.5, 0.6) is 0 Å². The molecule has 0 bridgehead atoms. The van der Waals surface area contributed by atoms with Gasteiger partial charge in [0, 0.05) is 0 Å². The molecule has 1 N–H and O–H groups in total. The number of rotatable bonds is 2. The van der Waals surface area contributed by atoms with Crippen molar-refractivity contribution in [3.05, 3.63) is 16.9 Å². The summed E-state index contributed by atoms with van der Waals surface area (Å²) in [4.78, 5) is 10.4. The van der Waals surface area contributed by atoms with E-state index in [2.05, 4.69) is 10.5 Å². The molecular weight excluding hydrogens is 183 g/mol. The van der Waals surface area contributed by atoms with Crippen molar-refractivity contribution in [2.24, 2.45) is 0 Å². The van der Waals surface area contributed by atoms with Crippen LogP contribution in [0.3, 0.4) is 0 Å². The molecule has 0 saturated heterocycles. The molecule has 0 spiro atoms. The fourth-order valence-corrected chi connectivity index (χ4v) is 1.46. The van der Waals surface area contributed by atoms with Crippen molar-refractivity contribution in [1.82, 2.24) is 8.76 Å². The summed E-state index contributed by atoms with van der Waals surface area (Å²) in [5.41, 5.74) is 0.0304. The molecule has 0 amide bonds. The third kappa shape index (κ3) is 1.51. The first kappa shape index (κ1) is 8.47. The molecule has 0 aromatic carbocycles. The van der Waals surface area contributed by atoms with Crippen LogP contribution in [0.4, 0.5) is 0 Å². The van der Waals surface area contributed by atoms with Gasteiger partial charge in [-0.15, -0.1) is 0 Å². The maximum absolute atomic E-state index is 10.4. The van der Waals surface area contributed by atoms with Gasteiger partial charge in [0.2, 0.25) is 0 Å². The number of carbonyl (C=O) groups is 1. The Hall–Kier alpha value is -0.628. The van der Waals surface area contributed by atoms with Crippen LogP contribution in [0.2, 0.25) is 5.15 Å². The van der Waals surface area contributed by atoms with Crippen LogP contribution >= 0.6 is 11.6 Å². The molecule has 0 saturated carbocycles. The molecule has 0 aliphatic heterocycles. The summed E-state index contributed by atoms with van der Waals surface area (Å²) in [6.07, 6.45) is 1.23. The van der Waals surface area contributed by atoms with Crippen molar-refractivity contribution in [3.63, 3.8) is 0 Å². The molecule has 1 aromatic rings. The summed E-state index contributed by atoms with van der Waals surface area (Å²) in [6, 6.07) is 0. The normalized spacial score (nSPS) is 9.18. The van der Waals surface area contributed by atoms with Gasteiger partial charge >= 0.3 is 73.5 Å². The molecule has 0 aliphatic carbocycles. The van der Waals surface area contributed by atoms with Gasteiger partial charge in [-0.05, 0) is 0 Å². The Kier molecular flexibility index (Phi) is 2.45. The van der Waals surface area contributed by atoms with Crippen LogP contribution in [0.25, 0.3) is 0 Å². The minimum absolute atomic E-state index is 0.0304. The van der Waals surface area contributed by atoms with Crippen LogP contribution < -0.4 is 0 Å². The van der Waals surface area contributed by atoms with E-state index in [9.17, 15) is 4.79 Å². The van der Waals surface area contributed by atoms with Gasteiger partial charge in [0.1, 0.15) is 0 Å². The first-order valence-corrected chi connectivity index (χ1v) is 4.46. The Morgan fingerprint density at radius 3 is 2.82 bits per heavy atom. The van der Waals surface area contributed by atoms with Gasteiger partial charge in [0.25, 0.3) is 0 Å². The molecule has 0 unspecified atom stereocenters. The predicted molar refractivity (Wildman–Crippen MR) is 42.5 cm³/mol. The topological polar surface area (TPSA) is 55.1 Å². The van der Waals surface area contributed by atoms with Crippen LogP contribution in [-0.2, 0) is 0 Å². The molecule has 11 heavy (non-hydrogen) atoms. The van der Waals surface area contributed by atoms with Gasteiger partial charge in [-0.2, -0.15) is 0 Å². The Labute approximate surface area is 73.9 Å². The van der Waals surface area contributed by atoms with Crippen molar-refractivity contribution in [2.75, 3.05) is 0 Å². The molecule has 0 fully saturated rings. The van der Waals surface area contributed by atoms with Crippen molar-refractivity contribution in [2.45, 2.75) is 0 Å². The van der Waals surface area contributed by atoms with Gasteiger partial charge in [-0.25, -0.2) is 0 Å². The quantitative estimate of drug-likeness (QED) is 0.669. The summed E-state index contributed by atoms with van der Waals surface area (Å²) in [5, 5.41) is 16.0. The first-order valence-electron chi connectivity index (χ1n) is 2.75. The summed E-state index contributed by atoms with van der Waals surface area (Å²) in [7, 11) is 0. The van der Waals surface area contributed by atoms with Crippen LogP contribution in [0.15, 0.2) is 6.20 Å².